The third-order valence-electron chi connectivity index (χ3n) is 9.87. The van der Waals surface area contributed by atoms with Crippen molar-refractivity contribution in [3.05, 3.63) is 36.5 Å². The molecule has 2 atom stereocenters. The van der Waals surface area contributed by atoms with E-state index in [-0.39, 0.29) is 12.5 Å². The number of aliphatic hydroxyl groups excluding tert-OH is 2. The summed E-state index contributed by atoms with van der Waals surface area (Å²) in [6, 6.07) is -0.625. The Labute approximate surface area is 306 Å². The van der Waals surface area contributed by atoms with E-state index < -0.39 is 12.1 Å². The van der Waals surface area contributed by atoms with Crippen LogP contribution in [0.3, 0.4) is 0 Å². The van der Waals surface area contributed by atoms with Gasteiger partial charge in [-0.25, -0.2) is 0 Å². The number of nitrogens with one attached hydrogen (secondary N) is 1. The molecule has 4 nitrogen and oxygen atoms in total. The monoisotopic (exact) mass is 688 g/mol. The molecule has 1 amide bonds. The summed E-state index contributed by atoms with van der Waals surface area (Å²) in [5, 5.41) is 23.0. The fourth-order valence-electron chi connectivity index (χ4n) is 6.50. The van der Waals surface area contributed by atoms with E-state index >= 15 is 0 Å². The van der Waals surface area contributed by atoms with E-state index in [1.165, 1.54) is 173 Å². The van der Waals surface area contributed by atoms with Crippen LogP contribution in [0.25, 0.3) is 0 Å². The average Bonchev–Trinajstić information content (AvgIpc) is 3.10. The van der Waals surface area contributed by atoms with Gasteiger partial charge in [-0.2, -0.15) is 0 Å². The van der Waals surface area contributed by atoms with Crippen LogP contribution in [0.5, 0.6) is 0 Å². The molecule has 49 heavy (non-hydrogen) atoms. The molecule has 4 heteroatoms. The summed E-state index contributed by atoms with van der Waals surface area (Å²) in [7, 11) is 0. The molecule has 0 aromatic carbocycles. The Morgan fingerprint density at radius 1 is 0.490 bits per heavy atom. The number of carbonyl (C=O) groups excluding carboxylic acids is 1. The lowest BCUT2D eigenvalue weighted by molar-refractivity contribution is -0.123. The van der Waals surface area contributed by atoms with Gasteiger partial charge in [0.25, 0.3) is 0 Å². The maximum atomic E-state index is 12.4. The molecule has 0 radical (unpaired) electrons. The molecular weight excluding hydrogens is 602 g/mol. The van der Waals surface area contributed by atoms with Gasteiger partial charge in [0.1, 0.15) is 0 Å². The maximum absolute atomic E-state index is 12.4. The largest absolute Gasteiger partial charge is 0.394 e. The number of hydrogen-bond acceptors (Lipinski definition) is 3. The first-order chi connectivity index (χ1) is 24.2. The Hall–Kier alpha value is -1.39. The maximum Gasteiger partial charge on any atom is 0.220 e. The second kappa shape index (κ2) is 41.0. The summed E-state index contributed by atoms with van der Waals surface area (Å²) in [6.07, 6.45) is 53.9. The van der Waals surface area contributed by atoms with Crippen LogP contribution in [0, 0.1) is 0 Å². The molecule has 0 fully saturated rings. The lowest BCUT2D eigenvalue weighted by Gasteiger charge is -2.20. The van der Waals surface area contributed by atoms with Crippen molar-refractivity contribution < 1.29 is 15.0 Å². The molecular formula is C45H85NO3. The highest BCUT2D eigenvalue weighted by Gasteiger charge is 2.17. The van der Waals surface area contributed by atoms with Crippen LogP contribution in [-0.2, 0) is 4.79 Å². The summed E-state index contributed by atoms with van der Waals surface area (Å²) >= 11 is 0. The van der Waals surface area contributed by atoms with Crippen LogP contribution in [0.1, 0.15) is 226 Å². The quantitative estimate of drug-likeness (QED) is 0.0445. The third-order valence-corrected chi connectivity index (χ3v) is 9.87. The normalized spacial score (nSPS) is 13.3. The molecule has 0 aliphatic carbocycles. The van der Waals surface area contributed by atoms with Gasteiger partial charge in [0.2, 0.25) is 5.91 Å². The molecule has 0 heterocycles. The minimum Gasteiger partial charge on any atom is -0.394 e. The summed E-state index contributed by atoms with van der Waals surface area (Å²) in [5.41, 5.74) is 0. The minimum absolute atomic E-state index is 0.0715. The number of hydrogen-bond donors (Lipinski definition) is 3. The van der Waals surface area contributed by atoms with Crippen LogP contribution in [0.4, 0.5) is 0 Å². The van der Waals surface area contributed by atoms with E-state index in [0.717, 1.165) is 32.1 Å². The van der Waals surface area contributed by atoms with Crippen molar-refractivity contribution in [1.29, 1.82) is 0 Å². The average molecular weight is 688 g/mol. The number of aliphatic hydroxyl groups is 2. The summed E-state index contributed by atoms with van der Waals surface area (Å²) < 4.78 is 0. The number of unbranched alkanes of at least 4 members (excludes halogenated alkanes) is 28. The van der Waals surface area contributed by atoms with Gasteiger partial charge in [-0.15, -0.1) is 0 Å². The summed E-state index contributed by atoms with van der Waals surface area (Å²) in [5.74, 6) is -0.0715. The Balaban J connectivity index is 3.59. The predicted octanol–water partition coefficient (Wildman–Crippen LogP) is 13.4. The van der Waals surface area contributed by atoms with Crippen LogP contribution in [-0.4, -0.2) is 34.9 Å². The van der Waals surface area contributed by atoms with Crippen LogP contribution in [0.2, 0.25) is 0 Å². The lowest BCUT2D eigenvalue weighted by Crippen LogP contribution is -2.45. The standard InChI is InChI=1S/C45H85NO3/c1-3-5-7-9-11-13-15-17-19-21-23-24-26-28-30-32-34-36-38-40-44(48)43(42-47)46-45(49)41-39-37-35-33-31-29-27-25-22-20-18-16-14-12-10-8-6-4-2/h14,16,20,22,38,40,43-44,47-48H,3-13,15,17-19,21,23-37,39,41-42H2,1-2H3,(H,46,49)/b16-14-,22-20-,40-38+. The zero-order chi connectivity index (χ0) is 35.7. The molecule has 2 unspecified atom stereocenters. The highest BCUT2D eigenvalue weighted by Crippen LogP contribution is 2.15. The predicted molar refractivity (Wildman–Crippen MR) is 216 cm³/mol. The van der Waals surface area contributed by atoms with Crippen molar-refractivity contribution in [2.45, 2.75) is 238 Å². The number of carbonyl (C=O) groups is 1. The van der Waals surface area contributed by atoms with Gasteiger partial charge in [-0.05, 0) is 51.4 Å². The van der Waals surface area contributed by atoms with Crippen molar-refractivity contribution >= 4 is 5.91 Å². The van der Waals surface area contributed by atoms with E-state index in [9.17, 15) is 15.0 Å². The molecule has 0 aromatic heterocycles. The molecule has 0 aromatic rings. The fraction of sp³-hybridized carbons (Fsp3) is 0.844. The highest BCUT2D eigenvalue weighted by molar-refractivity contribution is 5.76. The van der Waals surface area contributed by atoms with Crippen molar-refractivity contribution in [2.24, 2.45) is 0 Å². The third kappa shape index (κ3) is 37.7. The van der Waals surface area contributed by atoms with E-state index in [0.29, 0.717) is 6.42 Å². The number of amides is 1. The first kappa shape index (κ1) is 47.6. The molecule has 0 saturated heterocycles. The zero-order valence-corrected chi connectivity index (χ0v) is 33.0. The van der Waals surface area contributed by atoms with E-state index in [1.807, 2.05) is 6.08 Å². The van der Waals surface area contributed by atoms with Crippen LogP contribution >= 0.6 is 0 Å². The topological polar surface area (TPSA) is 69.6 Å². The molecule has 0 bridgehead atoms. The Morgan fingerprint density at radius 3 is 1.24 bits per heavy atom. The van der Waals surface area contributed by atoms with Crippen molar-refractivity contribution in [3.8, 4) is 0 Å². The zero-order valence-electron chi connectivity index (χ0n) is 33.0. The Kier molecular flexibility index (Phi) is 39.9. The van der Waals surface area contributed by atoms with Crippen LogP contribution < -0.4 is 5.32 Å². The summed E-state index contributed by atoms with van der Waals surface area (Å²) in [4.78, 5) is 12.4. The Bertz CT molecular complexity index is 746. The van der Waals surface area contributed by atoms with E-state index in [2.05, 4.69) is 43.5 Å². The van der Waals surface area contributed by atoms with Crippen molar-refractivity contribution in [1.82, 2.24) is 5.32 Å². The van der Waals surface area contributed by atoms with Gasteiger partial charge < -0.3 is 15.5 Å². The molecule has 288 valence electrons. The molecule has 0 spiro atoms. The molecule has 3 N–H and O–H groups in total. The Morgan fingerprint density at radius 2 is 0.837 bits per heavy atom. The van der Waals surface area contributed by atoms with Gasteiger partial charge >= 0.3 is 0 Å². The van der Waals surface area contributed by atoms with Crippen molar-refractivity contribution in [2.75, 3.05) is 6.61 Å². The van der Waals surface area contributed by atoms with Gasteiger partial charge in [0.15, 0.2) is 0 Å². The number of rotatable bonds is 39. The molecule has 0 aliphatic heterocycles. The second-order valence-electron chi connectivity index (χ2n) is 14.8. The van der Waals surface area contributed by atoms with Gasteiger partial charge in [-0.1, -0.05) is 204 Å². The fourth-order valence-corrected chi connectivity index (χ4v) is 6.50. The molecule has 0 rings (SSSR count). The molecule has 0 aliphatic rings. The smallest absolute Gasteiger partial charge is 0.220 e. The number of allylic oxidation sites excluding steroid dienone is 5. The lowest BCUT2D eigenvalue weighted by atomic mass is 10.0. The van der Waals surface area contributed by atoms with Crippen molar-refractivity contribution in [3.63, 3.8) is 0 Å². The first-order valence-corrected chi connectivity index (χ1v) is 21.7. The van der Waals surface area contributed by atoms with Crippen LogP contribution in [0.15, 0.2) is 36.5 Å². The van der Waals surface area contributed by atoms with Gasteiger partial charge in [0, 0.05) is 6.42 Å². The molecule has 0 saturated carbocycles. The van der Waals surface area contributed by atoms with Gasteiger partial charge in [-0.3, -0.25) is 4.79 Å². The highest BCUT2D eigenvalue weighted by atomic mass is 16.3. The second-order valence-corrected chi connectivity index (χ2v) is 14.8. The first-order valence-electron chi connectivity index (χ1n) is 21.7. The van der Waals surface area contributed by atoms with Gasteiger partial charge in [0.05, 0.1) is 18.8 Å². The van der Waals surface area contributed by atoms with E-state index in [4.69, 9.17) is 0 Å². The summed E-state index contributed by atoms with van der Waals surface area (Å²) in [6.45, 7) is 4.30. The van der Waals surface area contributed by atoms with E-state index in [1.54, 1.807) is 6.08 Å². The minimum atomic E-state index is -0.841. The SMILES string of the molecule is CCCCCC/C=C\C/C=C\CCCCCCCCCC(=O)NC(CO)C(O)/C=C/CCCCCCCCCCCCCCCCCCC.